The topological polar surface area (TPSA) is 3.88 Å². The maximum absolute atomic E-state index is 16.4. The fraction of sp³-hybridized carbons (Fsp3) is 0.485. The minimum Gasteiger partial charge on any atom is -0.415 e. The van der Waals surface area contributed by atoms with Gasteiger partial charge in [0.25, 0.3) is 0 Å². The molecule has 0 saturated heterocycles. The Bertz CT molecular complexity index is 1470. The minimum atomic E-state index is -4.13. The molecule has 0 radical (unpaired) electrons. The zero-order valence-electron chi connectivity index (χ0n) is 25.8. The predicted octanol–water partition coefficient (Wildman–Crippen LogP) is 8.91. The van der Waals surface area contributed by atoms with Gasteiger partial charge in [-0.3, -0.25) is 0 Å². The van der Waals surface area contributed by atoms with Crippen LogP contribution in [0.15, 0.2) is 24.5 Å². The highest BCUT2D eigenvalue weighted by Gasteiger charge is 2.59. The molecule has 2 aliphatic carbocycles. The van der Waals surface area contributed by atoms with E-state index in [-0.39, 0.29) is 0 Å². The first-order valence-corrected chi connectivity index (χ1v) is 17.2. The fourth-order valence-electron chi connectivity index (χ4n) is 7.70. The maximum Gasteiger partial charge on any atom is 0.365 e. The molecule has 3 aromatic rings. The van der Waals surface area contributed by atoms with E-state index in [1.54, 1.807) is 0 Å². The summed E-state index contributed by atoms with van der Waals surface area (Å²) >= 11 is 0. The molecule has 5 rings (SSSR count). The highest BCUT2D eigenvalue weighted by molar-refractivity contribution is 7.98. The lowest BCUT2D eigenvalue weighted by molar-refractivity contribution is -0.537. The Labute approximate surface area is 263 Å². The van der Waals surface area contributed by atoms with E-state index in [4.69, 9.17) is 0 Å². The zero-order valence-corrected chi connectivity index (χ0v) is 26.7. The molecule has 0 atom stereocenters. The van der Waals surface area contributed by atoms with E-state index in [9.17, 15) is 8.78 Å². The van der Waals surface area contributed by atoms with Gasteiger partial charge in [-0.15, -0.1) is 0 Å². The van der Waals surface area contributed by atoms with Crippen molar-refractivity contribution >= 4 is 24.7 Å². The van der Waals surface area contributed by atoms with Crippen LogP contribution in [0, 0.1) is 58.2 Å². The van der Waals surface area contributed by atoms with Gasteiger partial charge in [0.15, 0.2) is 34.9 Å². The quantitative estimate of drug-likeness (QED) is 0.0807. The average Bonchev–Trinajstić information content (AvgIpc) is 3.05. The lowest BCUT2D eigenvalue weighted by atomic mass is 9.46. The molecule has 2 fully saturated rings. The molecule has 1 nitrogen and oxygen atoms in total. The molecule has 250 valence electrons. The number of pyridine rings is 1. The molecule has 0 unspecified atom stereocenters. The second kappa shape index (κ2) is 13.1. The summed E-state index contributed by atoms with van der Waals surface area (Å²) in [6, 6.07) is -1.17. The van der Waals surface area contributed by atoms with E-state index in [1.807, 2.05) is 20.8 Å². The maximum atomic E-state index is 16.4. The molecule has 46 heavy (non-hydrogen) atoms. The van der Waals surface area contributed by atoms with Gasteiger partial charge in [0, 0.05) is 12.1 Å². The molecule has 13 heteroatoms. The van der Waals surface area contributed by atoms with Crippen LogP contribution in [0.3, 0.4) is 0 Å². The molecular formula is C33H35BF10NP. The number of rotatable bonds is 6. The van der Waals surface area contributed by atoms with Crippen LogP contribution in [0.5, 0.6) is 0 Å². The fourth-order valence-corrected chi connectivity index (χ4v) is 13.0. The standard InChI is InChI=1S/C33H35BF10NP/c1-33(2,3)18-14-16-45(17-15-18)34(21-23(35)27(39)31(43)28(40)24(21)36,22-25(37)29(41)32(44)30(42)26(22)38)46(19-10-6-4-7-11-19)20-12-8-5-9-13-20/h14-17,19-20H,4-13H2,1-3H3. The summed E-state index contributed by atoms with van der Waals surface area (Å²) in [6.07, 6.45) is 8.06. The van der Waals surface area contributed by atoms with Crippen LogP contribution < -0.4 is 15.4 Å². The summed E-state index contributed by atoms with van der Waals surface area (Å²) in [5.41, 5.74) is -4.06. The Balaban J connectivity index is 2.08. The molecule has 2 saturated carbocycles. The Morgan fingerprint density at radius 1 is 0.522 bits per heavy atom. The van der Waals surface area contributed by atoms with Crippen molar-refractivity contribution in [1.29, 1.82) is 0 Å². The molecule has 0 amide bonds. The van der Waals surface area contributed by atoms with Crippen LogP contribution in [0.1, 0.15) is 90.5 Å². The third kappa shape index (κ3) is 5.64. The molecule has 0 bridgehead atoms. The number of hydrogen-bond acceptors (Lipinski definition) is 0. The van der Waals surface area contributed by atoms with Gasteiger partial charge in [0.2, 0.25) is 0 Å². The molecular weight excluding hydrogens is 642 g/mol. The smallest absolute Gasteiger partial charge is 0.365 e. The summed E-state index contributed by atoms with van der Waals surface area (Å²) in [4.78, 5) is 0. The van der Waals surface area contributed by atoms with Crippen molar-refractivity contribution in [2.45, 2.75) is 102 Å². The number of halogens is 10. The van der Waals surface area contributed by atoms with E-state index in [0.29, 0.717) is 56.9 Å². The van der Waals surface area contributed by atoms with E-state index >= 15 is 35.1 Å². The predicted molar refractivity (Wildman–Crippen MR) is 159 cm³/mol. The third-order valence-electron chi connectivity index (χ3n) is 9.87. The summed E-state index contributed by atoms with van der Waals surface area (Å²) in [6.45, 7) is 5.53. The van der Waals surface area contributed by atoms with Crippen molar-refractivity contribution in [3.63, 3.8) is 0 Å². The summed E-state index contributed by atoms with van der Waals surface area (Å²) in [7, 11) is -2.29. The van der Waals surface area contributed by atoms with Gasteiger partial charge in [0.1, 0.15) is 35.7 Å². The highest BCUT2D eigenvalue weighted by Crippen LogP contribution is 2.61. The van der Waals surface area contributed by atoms with Crippen LogP contribution in [-0.2, 0) is 5.41 Å². The summed E-state index contributed by atoms with van der Waals surface area (Å²) in [5.74, 6) is -23.9. The first-order chi connectivity index (χ1) is 21.6. The van der Waals surface area contributed by atoms with E-state index < -0.39 is 99.6 Å². The summed E-state index contributed by atoms with van der Waals surface area (Å²) < 4.78 is 156. The monoisotopic (exact) mass is 677 g/mol. The van der Waals surface area contributed by atoms with Crippen LogP contribution in [0.4, 0.5) is 43.9 Å². The number of aromatic nitrogens is 1. The van der Waals surface area contributed by atoms with Crippen molar-refractivity contribution in [3.8, 4) is 0 Å². The molecule has 2 aromatic carbocycles. The first kappa shape index (κ1) is 34.7. The Hall–Kier alpha value is -2.62. The van der Waals surface area contributed by atoms with Gasteiger partial charge in [-0.05, 0) is 58.9 Å². The Kier molecular flexibility index (Phi) is 9.90. The van der Waals surface area contributed by atoms with E-state index in [2.05, 4.69) is 0 Å². The van der Waals surface area contributed by atoms with Crippen LogP contribution in [0.2, 0.25) is 0 Å². The average molecular weight is 677 g/mol. The normalized spacial score (nSPS) is 17.3. The van der Waals surface area contributed by atoms with Gasteiger partial charge in [-0.25, -0.2) is 43.9 Å². The largest absolute Gasteiger partial charge is 0.415 e. The van der Waals surface area contributed by atoms with Gasteiger partial charge in [-0.2, -0.15) is 7.80 Å². The van der Waals surface area contributed by atoms with Crippen LogP contribution in [0.25, 0.3) is 0 Å². The molecule has 1 aromatic heterocycles. The van der Waals surface area contributed by atoms with Gasteiger partial charge < -0.3 is 4.48 Å². The number of hydrogen-bond donors (Lipinski definition) is 0. The molecule has 0 aliphatic heterocycles. The van der Waals surface area contributed by atoms with E-state index in [0.717, 1.165) is 17.3 Å². The lowest BCUT2D eigenvalue weighted by Crippen LogP contribution is -2.81. The number of benzene rings is 2. The number of nitrogens with zero attached hydrogens (tertiary/aromatic N) is 1. The molecule has 1 heterocycles. The van der Waals surface area contributed by atoms with Gasteiger partial charge in [0.05, 0.1) is 0 Å². The van der Waals surface area contributed by atoms with Crippen molar-refractivity contribution < 1.29 is 48.4 Å². The molecule has 0 N–H and O–H groups in total. The third-order valence-corrected chi connectivity index (χ3v) is 14.2. The van der Waals surface area contributed by atoms with Crippen LogP contribution in [-0.4, -0.2) is 17.3 Å². The second-order valence-corrected chi connectivity index (χ2v) is 16.7. The zero-order chi connectivity index (χ0) is 33.7. The van der Waals surface area contributed by atoms with Crippen molar-refractivity contribution in [1.82, 2.24) is 0 Å². The van der Waals surface area contributed by atoms with Crippen molar-refractivity contribution in [2.75, 3.05) is 0 Å². The minimum absolute atomic E-state index is 0.400. The van der Waals surface area contributed by atoms with E-state index in [1.165, 1.54) is 24.5 Å². The van der Waals surface area contributed by atoms with Crippen molar-refractivity contribution in [2.24, 2.45) is 0 Å². The first-order valence-electron chi connectivity index (χ1n) is 15.6. The summed E-state index contributed by atoms with van der Waals surface area (Å²) in [5, 5.41) is 0. The molecule has 0 spiro atoms. The van der Waals surface area contributed by atoms with Crippen LogP contribution >= 0.6 is 7.80 Å². The molecule has 2 aliphatic rings. The highest BCUT2D eigenvalue weighted by atomic mass is 31.1. The second-order valence-electron chi connectivity index (χ2n) is 13.6. The Morgan fingerprint density at radius 2 is 0.826 bits per heavy atom. The van der Waals surface area contributed by atoms with Gasteiger partial charge >= 0.3 is 6.00 Å². The van der Waals surface area contributed by atoms with Crippen molar-refractivity contribution in [3.05, 3.63) is 88.3 Å². The Morgan fingerprint density at radius 3 is 1.13 bits per heavy atom. The SMILES string of the molecule is CC(C)(C)c1cc[n+]([B-](c2c(F)c(F)c(F)c(F)c2F)(c2c(F)c(F)c(F)c(F)c2F)P(C2CCCCC2)C2CCCCC2)cc1. The lowest BCUT2D eigenvalue weighted by Gasteiger charge is -2.52. The van der Waals surface area contributed by atoms with Gasteiger partial charge in [-0.1, -0.05) is 59.3 Å².